The molecule has 8 rings (SSSR count). The Morgan fingerprint density at radius 3 is 2.66 bits per heavy atom. The summed E-state index contributed by atoms with van der Waals surface area (Å²) in [6, 6.07) is 4.20. The number of carboxylic acid groups (broad SMARTS) is 1. The van der Waals surface area contributed by atoms with Crippen molar-refractivity contribution >= 4 is 17.9 Å². The lowest BCUT2D eigenvalue weighted by atomic mass is 9.42. The van der Waals surface area contributed by atoms with Crippen molar-refractivity contribution in [2.45, 2.75) is 94.9 Å². The molecule has 0 saturated heterocycles. The second-order valence-corrected chi connectivity index (χ2v) is 16.1. The Bertz CT molecular complexity index is 1230. The summed E-state index contributed by atoms with van der Waals surface area (Å²) in [6.07, 6.45) is 11.4. The predicted octanol–water partition coefficient (Wildman–Crippen LogP) is 5.68. The van der Waals surface area contributed by atoms with Crippen LogP contribution in [0.15, 0.2) is 24.3 Å². The van der Waals surface area contributed by atoms with Crippen LogP contribution in [-0.4, -0.2) is 82.1 Å². The minimum Gasteiger partial charge on any atom is -0.493 e. The van der Waals surface area contributed by atoms with Gasteiger partial charge in [0, 0.05) is 48.7 Å². The van der Waals surface area contributed by atoms with E-state index in [0.717, 1.165) is 68.3 Å². The maximum atomic E-state index is 12.6. The number of nitrogens with zero attached hydrogens (tertiary/aromatic N) is 2. The van der Waals surface area contributed by atoms with Gasteiger partial charge in [0.25, 0.3) is 0 Å². The summed E-state index contributed by atoms with van der Waals surface area (Å²) in [4.78, 5) is 17.0. The van der Waals surface area contributed by atoms with E-state index in [1.54, 1.807) is 7.11 Å². The molecule has 7 atom stereocenters. The number of thioether (sulfide) groups is 1. The van der Waals surface area contributed by atoms with E-state index in [0.29, 0.717) is 29.7 Å². The second kappa shape index (κ2) is 9.81. The number of aliphatic hydroxyl groups is 1. The summed E-state index contributed by atoms with van der Waals surface area (Å²) in [5.74, 6) is 4.14. The lowest BCUT2D eigenvalue weighted by Gasteiger charge is -2.67. The predicted molar refractivity (Wildman–Crippen MR) is 161 cm³/mol. The van der Waals surface area contributed by atoms with Crippen molar-refractivity contribution < 1.29 is 24.5 Å². The molecule has 2 N–H and O–H groups in total. The lowest BCUT2D eigenvalue weighted by molar-refractivity contribution is -0.151. The third kappa shape index (κ3) is 4.58. The average molecular weight is 583 g/mol. The van der Waals surface area contributed by atoms with Gasteiger partial charge in [0.2, 0.25) is 0 Å². The first-order valence-electron chi connectivity index (χ1n) is 15.6. The van der Waals surface area contributed by atoms with E-state index in [2.05, 4.69) is 30.9 Å². The molecule has 4 saturated carbocycles. The van der Waals surface area contributed by atoms with Gasteiger partial charge in [-0.05, 0) is 79.9 Å². The van der Waals surface area contributed by atoms with Gasteiger partial charge >= 0.3 is 6.09 Å². The van der Waals surface area contributed by atoms with Crippen LogP contribution in [0.25, 0.3) is 0 Å². The first-order valence-corrected chi connectivity index (χ1v) is 16.8. The molecule has 1 amide bonds. The second-order valence-electron chi connectivity index (χ2n) is 14.9. The van der Waals surface area contributed by atoms with E-state index in [9.17, 15) is 15.0 Å². The van der Waals surface area contributed by atoms with Crippen LogP contribution in [0.5, 0.6) is 11.5 Å². The van der Waals surface area contributed by atoms with E-state index in [4.69, 9.17) is 9.47 Å². The van der Waals surface area contributed by atoms with Gasteiger partial charge in [0.05, 0.1) is 18.6 Å². The number of rotatable bonds is 8. The van der Waals surface area contributed by atoms with Crippen LogP contribution >= 0.6 is 11.8 Å². The fourth-order valence-electron chi connectivity index (χ4n) is 10.9. The van der Waals surface area contributed by atoms with Crippen molar-refractivity contribution in [2.75, 3.05) is 38.2 Å². The Kier molecular flexibility index (Phi) is 6.68. The number of hydrogen-bond acceptors (Lipinski definition) is 6. The molecule has 0 radical (unpaired) electrons. The number of ether oxygens (including phenoxy) is 2. The largest absolute Gasteiger partial charge is 0.493 e. The normalized spacial score (nSPS) is 40.0. The third-order valence-corrected chi connectivity index (χ3v) is 12.4. The SMILES string of the molecule is COc1ccc2c3c1O[C@H]1C[C@@H](O)C=C[C@@]31CCN(CCSCCN(C(=O)O)[C@]13C[C@@H]4C[C@@](C)(C[C@@](C)(C4)C1)C3)C2. The molecule has 5 aliphatic carbocycles. The number of amides is 1. The van der Waals surface area contributed by atoms with E-state index >= 15 is 0 Å². The molecule has 0 aromatic heterocycles. The van der Waals surface area contributed by atoms with Gasteiger partial charge in [-0.15, -0.1) is 0 Å². The molecule has 8 heteroatoms. The Morgan fingerprint density at radius 2 is 1.95 bits per heavy atom. The van der Waals surface area contributed by atoms with Gasteiger partial charge < -0.3 is 24.6 Å². The first-order chi connectivity index (χ1) is 19.6. The van der Waals surface area contributed by atoms with Crippen LogP contribution in [0.2, 0.25) is 0 Å². The molecular weight excluding hydrogens is 536 g/mol. The molecule has 7 nitrogen and oxygen atoms in total. The first kappa shape index (κ1) is 27.9. The quantitative estimate of drug-likeness (QED) is 0.301. The number of benzene rings is 1. The van der Waals surface area contributed by atoms with Gasteiger partial charge in [0.15, 0.2) is 11.5 Å². The van der Waals surface area contributed by atoms with E-state index in [1.165, 1.54) is 30.4 Å². The van der Waals surface area contributed by atoms with Crippen molar-refractivity contribution in [3.63, 3.8) is 0 Å². The van der Waals surface area contributed by atoms with Crippen molar-refractivity contribution in [1.29, 1.82) is 0 Å². The minimum atomic E-state index is -0.725. The van der Waals surface area contributed by atoms with Gasteiger partial charge in [-0.25, -0.2) is 4.79 Å². The van der Waals surface area contributed by atoms with E-state index < -0.39 is 12.2 Å². The lowest BCUT2D eigenvalue weighted by Crippen LogP contribution is -2.66. The highest BCUT2D eigenvalue weighted by Crippen LogP contribution is 2.67. The highest BCUT2D eigenvalue weighted by Gasteiger charge is 2.62. The molecule has 4 bridgehead atoms. The van der Waals surface area contributed by atoms with Crippen molar-refractivity contribution in [3.05, 3.63) is 35.4 Å². The zero-order chi connectivity index (χ0) is 28.6. The summed E-state index contributed by atoms with van der Waals surface area (Å²) in [5, 5.41) is 20.7. The maximum Gasteiger partial charge on any atom is 0.407 e. The Balaban J connectivity index is 0.996. The summed E-state index contributed by atoms with van der Waals surface area (Å²) in [6.45, 7) is 8.25. The molecule has 1 spiro atoms. The van der Waals surface area contributed by atoms with Crippen molar-refractivity contribution in [3.8, 4) is 11.5 Å². The summed E-state index contributed by atoms with van der Waals surface area (Å²) in [7, 11) is 1.69. The van der Waals surface area contributed by atoms with Gasteiger partial charge in [-0.1, -0.05) is 32.1 Å². The molecule has 0 unspecified atom stereocenters. The molecule has 41 heavy (non-hydrogen) atoms. The number of hydrogen-bond donors (Lipinski definition) is 2. The highest BCUT2D eigenvalue weighted by molar-refractivity contribution is 7.99. The van der Waals surface area contributed by atoms with Crippen LogP contribution in [0.4, 0.5) is 4.79 Å². The van der Waals surface area contributed by atoms with Crippen LogP contribution in [0.1, 0.15) is 76.3 Å². The van der Waals surface area contributed by atoms with Crippen LogP contribution < -0.4 is 9.47 Å². The number of methoxy groups -OCH3 is 1. The molecule has 7 aliphatic rings. The summed E-state index contributed by atoms with van der Waals surface area (Å²) < 4.78 is 12.1. The van der Waals surface area contributed by atoms with Gasteiger partial charge in [0.1, 0.15) is 6.10 Å². The standard InChI is InChI=1S/C33H46N2O5S/c1-30-15-22-16-31(2,19-30)21-32(17-22,20-30)35(29(37)38)11-13-41-12-10-34-9-8-33-7-6-24(36)14-26(33)40-28-25(39-3)5-4-23(18-34)27(28)33/h4-7,22,24,26,36H,8-21H2,1-3H3,(H,37,38)/t22-,24-,26-,30+,31-,32+,33-/m0/s1. The van der Waals surface area contributed by atoms with Crippen LogP contribution in [-0.2, 0) is 12.0 Å². The van der Waals surface area contributed by atoms with Gasteiger partial charge in [-0.2, -0.15) is 11.8 Å². The topological polar surface area (TPSA) is 82.5 Å². The number of carbonyl (C=O) groups is 1. The molecule has 1 aromatic carbocycles. The molecule has 2 aliphatic heterocycles. The monoisotopic (exact) mass is 582 g/mol. The Labute approximate surface area is 248 Å². The molecule has 1 aromatic rings. The molecule has 2 heterocycles. The molecule has 4 fully saturated rings. The smallest absolute Gasteiger partial charge is 0.407 e. The minimum absolute atomic E-state index is 0.0713. The maximum absolute atomic E-state index is 12.6. The van der Waals surface area contributed by atoms with E-state index in [1.807, 2.05) is 28.8 Å². The zero-order valence-electron chi connectivity index (χ0n) is 24.9. The highest BCUT2D eigenvalue weighted by atomic mass is 32.2. The average Bonchev–Trinajstić information content (AvgIpc) is 3.12. The van der Waals surface area contributed by atoms with Crippen LogP contribution in [0, 0.1) is 16.7 Å². The van der Waals surface area contributed by atoms with E-state index in [-0.39, 0.29) is 17.1 Å². The fourth-order valence-corrected chi connectivity index (χ4v) is 11.8. The Morgan fingerprint density at radius 1 is 1.17 bits per heavy atom. The molecular formula is C33H46N2O5S. The third-order valence-electron chi connectivity index (χ3n) is 11.4. The zero-order valence-corrected chi connectivity index (χ0v) is 25.7. The molecule has 224 valence electrons. The van der Waals surface area contributed by atoms with Crippen molar-refractivity contribution in [2.24, 2.45) is 16.7 Å². The summed E-state index contributed by atoms with van der Waals surface area (Å²) >= 11 is 1.89. The van der Waals surface area contributed by atoms with Crippen molar-refractivity contribution in [1.82, 2.24) is 9.80 Å². The van der Waals surface area contributed by atoms with Crippen LogP contribution in [0.3, 0.4) is 0 Å². The van der Waals surface area contributed by atoms with Gasteiger partial charge in [-0.3, -0.25) is 4.90 Å². The fraction of sp³-hybridized carbons (Fsp3) is 0.727. The Hall–Kier alpha value is -1.90. The number of aliphatic hydroxyl groups excluding tert-OH is 1. The summed E-state index contributed by atoms with van der Waals surface area (Å²) in [5.41, 5.74) is 2.76.